The maximum atomic E-state index is 8.81. The second kappa shape index (κ2) is 5.60. The minimum absolute atomic E-state index is 0.238. The molecule has 1 aromatic heterocycles. The van der Waals surface area contributed by atoms with E-state index in [0.717, 1.165) is 25.0 Å². The molecule has 1 rings (SSSR count). The summed E-state index contributed by atoms with van der Waals surface area (Å²) in [5.41, 5.74) is 2.30. The third kappa shape index (κ3) is 2.70. The highest BCUT2D eigenvalue weighted by atomic mass is 16.2. The SMILES string of the molecule is C=C(CC)C(CCCO)c1cnc[nH]1. The van der Waals surface area contributed by atoms with Gasteiger partial charge in [-0.3, -0.25) is 0 Å². The Hall–Kier alpha value is -1.09. The van der Waals surface area contributed by atoms with E-state index in [0.29, 0.717) is 5.92 Å². The summed E-state index contributed by atoms with van der Waals surface area (Å²) in [5, 5.41) is 8.81. The van der Waals surface area contributed by atoms with Gasteiger partial charge in [-0.1, -0.05) is 19.1 Å². The van der Waals surface area contributed by atoms with Gasteiger partial charge in [0, 0.05) is 24.4 Å². The average Bonchev–Trinajstić information content (AvgIpc) is 2.71. The molecule has 0 saturated carbocycles. The van der Waals surface area contributed by atoms with Gasteiger partial charge in [0.1, 0.15) is 0 Å². The zero-order valence-corrected chi connectivity index (χ0v) is 8.66. The van der Waals surface area contributed by atoms with E-state index in [1.54, 1.807) is 6.33 Å². The molecule has 0 aliphatic rings. The first-order chi connectivity index (χ1) is 6.79. The fourth-order valence-electron chi connectivity index (χ4n) is 1.58. The van der Waals surface area contributed by atoms with Gasteiger partial charge < -0.3 is 10.1 Å². The van der Waals surface area contributed by atoms with Gasteiger partial charge in [-0.2, -0.15) is 0 Å². The Balaban J connectivity index is 2.67. The fourth-order valence-corrected chi connectivity index (χ4v) is 1.58. The molecule has 3 heteroatoms. The number of aliphatic hydroxyl groups excluding tert-OH is 1. The number of aromatic amines is 1. The lowest BCUT2D eigenvalue weighted by Gasteiger charge is -2.16. The van der Waals surface area contributed by atoms with Crippen LogP contribution in [0.4, 0.5) is 0 Å². The van der Waals surface area contributed by atoms with Gasteiger partial charge >= 0.3 is 0 Å². The van der Waals surface area contributed by atoms with Crippen LogP contribution in [-0.4, -0.2) is 21.7 Å². The predicted molar refractivity (Wildman–Crippen MR) is 57.1 cm³/mol. The lowest BCUT2D eigenvalue weighted by atomic mass is 9.91. The highest BCUT2D eigenvalue weighted by Crippen LogP contribution is 2.27. The molecule has 0 spiro atoms. The third-order valence-electron chi connectivity index (χ3n) is 2.49. The Morgan fingerprint density at radius 3 is 3.00 bits per heavy atom. The largest absolute Gasteiger partial charge is 0.396 e. The Morgan fingerprint density at radius 1 is 1.71 bits per heavy atom. The van der Waals surface area contributed by atoms with Crippen molar-refractivity contribution in [1.29, 1.82) is 0 Å². The maximum absolute atomic E-state index is 8.81. The number of rotatable bonds is 6. The zero-order valence-electron chi connectivity index (χ0n) is 8.66. The Labute approximate surface area is 84.9 Å². The van der Waals surface area contributed by atoms with Crippen LogP contribution >= 0.6 is 0 Å². The number of allylic oxidation sites excluding steroid dienone is 1. The van der Waals surface area contributed by atoms with Gasteiger partial charge in [0.2, 0.25) is 0 Å². The van der Waals surface area contributed by atoms with Crippen LogP contribution in [0.15, 0.2) is 24.7 Å². The van der Waals surface area contributed by atoms with Crippen molar-refractivity contribution in [3.8, 4) is 0 Å². The van der Waals surface area contributed by atoms with Gasteiger partial charge in [-0.25, -0.2) is 4.98 Å². The van der Waals surface area contributed by atoms with Crippen molar-refractivity contribution in [2.24, 2.45) is 0 Å². The van der Waals surface area contributed by atoms with Crippen molar-refractivity contribution in [3.63, 3.8) is 0 Å². The predicted octanol–water partition coefficient (Wildman–Crippen LogP) is 2.23. The van der Waals surface area contributed by atoms with E-state index in [2.05, 4.69) is 23.5 Å². The summed E-state index contributed by atoms with van der Waals surface area (Å²) in [6, 6.07) is 0. The summed E-state index contributed by atoms with van der Waals surface area (Å²) in [6.07, 6.45) is 6.23. The van der Waals surface area contributed by atoms with Gasteiger partial charge in [-0.05, 0) is 19.3 Å². The molecule has 14 heavy (non-hydrogen) atoms. The molecule has 0 aromatic carbocycles. The lowest BCUT2D eigenvalue weighted by Crippen LogP contribution is -2.03. The summed E-state index contributed by atoms with van der Waals surface area (Å²) in [6.45, 7) is 6.39. The first kappa shape index (κ1) is 11.0. The number of hydrogen-bond acceptors (Lipinski definition) is 2. The quantitative estimate of drug-likeness (QED) is 0.682. The minimum Gasteiger partial charge on any atom is -0.396 e. The molecule has 1 heterocycles. The number of aliphatic hydroxyl groups is 1. The molecule has 78 valence electrons. The molecule has 0 aliphatic carbocycles. The number of nitrogens with one attached hydrogen (secondary N) is 1. The van der Waals surface area contributed by atoms with Gasteiger partial charge in [0.15, 0.2) is 0 Å². The van der Waals surface area contributed by atoms with Crippen molar-refractivity contribution < 1.29 is 5.11 Å². The molecule has 2 N–H and O–H groups in total. The molecular weight excluding hydrogens is 176 g/mol. The van der Waals surface area contributed by atoms with Crippen molar-refractivity contribution in [1.82, 2.24) is 9.97 Å². The van der Waals surface area contributed by atoms with Crippen LogP contribution in [0, 0.1) is 0 Å². The standard InChI is InChI=1S/C11H18N2O/c1-3-9(2)10(5-4-6-14)11-7-12-8-13-11/h7-8,10,14H,2-6H2,1H3,(H,12,13). The van der Waals surface area contributed by atoms with Crippen molar-refractivity contribution >= 4 is 0 Å². The fraction of sp³-hybridized carbons (Fsp3) is 0.545. The smallest absolute Gasteiger partial charge is 0.0921 e. The number of hydrogen-bond donors (Lipinski definition) is 2. The minimum atomic E-state index is 0.238. The van der Waals surface area contributed by atoms with Crippen LogP contribution in [0.5, 0.6) is 0 Å². The van der Waals surface area contributed by atoms with Gasteiger partial charge in [0.05, 0.1) is 6.33 Å². The van der Waals surface area contributed by atoms with E-state index >= 15 is 0 Å². The van der Waals surface area contributed by atoms with Gasteiger partial charge in [-0.15, -0.1) is 0 Å². The van der Waals surface area contributed by atoms with E-state index in [9.17, 15) is 0 Å². The second-order valence-corrected chi connectivity index (χ2v) is 3.44. The van der Waals surface area contributed by atoms with Crippen LogP contribution < -0.4 is 0 Å². The molecule has 0 fully saturated rings. The van der Waals surface area contributed by atoms with Crippen LogP contribution in [0.25, 0.3) is 0 Å². The monoisotopic (exact) mass is 194 g/mol. The first-order valence-corrected chi connectivity index (χ1v) is 5.06. The number of nitrogens with zero attached hydrogens (tertiary/aromatic N) is 1. The van der Waals surface area contributed by atoms with E-state index in [1.165, 1.54) is 5.57 Å². The highest BCUT2D eigenvalue weighted by Gasteiger charge is 2.14. The summed E-state index contributed by atoms with van der Waals surface area (Å²) in [7, 11) is 0. The van der Waals surface area contributed by atoms with E-state index in [4.69, 9.17) is 5.11 Å². The zero-order chi connectivity index (χ0) is 10.4. The van der Waals surface area contributed by atoms with E-state index in [1.807, 2.05) is 6.20 Å². The van der Waals surface area contributed by atoms with Crippen molar-refractivity contribution in [3.05, 3.63) is 30.4 Å². The summed E-state index contributed by atoms with van der Waals surface area (Å²) in [5.74, 6) is 0.314. The third-order valence-corrected chi connectivity index (χ3v) is 2.49. The van der Waals surface area contributed by atoms with Crippen LogP contribution in [0.2, 0.25) is 0 Å². The average molecular weight is 194 g/mol. The topological polar surface area (TPSA) is 48.9 Å². The molecule has 0 bridgehead atoms. The first-order valence-electron chi connectivity index (χ1n) is 5.06. The molecule has 0 saturated heterocycles. The summed E-state index contributed by atoms with van der Waals surface area (Å²) < 4.78 is 0. The molecule has 3 nitrogen and oxygen atoms in total. The molecule has 0 radical (unpaired) electrons. The van der Waals surface area contributed by atoms with Crippen LogP contribution in [-0.2, 0) is 0 Å². The normalized spacial score (nSPS) is 12.7. The second-order valence-electron chi connectivity index (χ2n) is 3.44. The van der Waals surface area contributed by atoms with Crippen molar-refractivity contribution in [2.75, 3.05) is 6.61 Å². The molecular formula is C11H18N2O. The summed E-state index contributed by atoms with van der Waals surface area (Å²) in [4.78, 5) is 7.12. The lowest BCUT2D eigenvalue weighted by molar-refractivity contribution is 0.281. The molecule has 0 amide bonds. The van der Waals surface area contributed by atoms with Crippen molar-refractivity contribution in [2.45, 2.75) is 32.1 Å². The molecule has 1 unspecified atom stereocenters. The van der Waals surface area contributed by atoms with E-state index < -0.39 is 0 Å². The molecule has 1 aromatic rings. The number of H-pyrrole nitrogens is 1. The molecule has 0 aliphatic heterocycles. The van der Waals surface area contributed by atoms with Crippen LogP contribution in [0.1, 0.15) is 37.8 Å². The highest BCUT2D eigenvalue weighted by molar-refractivity contribution is 5.18. The van der Waals surface area contributed by atoms with Crippen LogP contribution in [0.3, 0.4) is 0 Å². The Morgan fingerprint density at radius 2 is 2.50 bits per heavy atom. The Bertz CT molecular complexity index is 267. The van der Waals surface area contributed by atoms with E-state index in [-0.39, 0.29) is 6.61 Å². The number of imidazole rings is 1. The Kier molecular flexibility index (Phi) is 4.40. The number of aromatic nitrogens is 2. The van der Waals surface area contributed by atoms with Gasteiger partial charge in [0.25, 0.3) is 0 Å². The maximum Gasteiger partial charge on any atom is 0.0921 e. The summed E-state index contributed by atoms with van der Waals surface area (Å²) >= 11 is 0. The molecule has 1 atom stereocenters.